The summed E-state index contributed by atoms with van der Waals surface area (Å²) in [6.07, 6.45) is 1.97. The van der Waals surface area contributed by atoms with E-state index in [0.717, 1.165) is 24.9 Å². The molecule has 2 heterocycles. The second-order valence-corrected chi connectivity index (χ2v) is 5.37. The van der Waals surface area contributed by atoms with Crippen molar-refractivity contribution in [2.45, 2.75) is 37.2 Å². The Labute approximate surface area is 113 Å². The summed E-state index contributed by atoms with van der Waals surface area (Å²) >= 11 is 0. The second kappa shape index (κ2) is 5.59. The van der Waals surface area contributed by atoms with Crippen LogP contribution in [0.15, 0.2) is 30.3 Å². The quantitative estimate of drug-likeness (QED) is 0.870. The van der Waals surface area contributed by atoms with Crippen molar-refractivity contribution in [1.82, 2.24) is 5.32 Å². The van der Waals surface area contributed by atoms with Crippen molar-refractivity contribution in [3.63, 3.8) is 0 Å². The third-order valence-electron chi connectivity index (χ3n) is 4.00. The van der Waals surface area contributed by atoms with E-state index in [1.807, 2.05) is 30.3 Å². The maximum absolute atomic E-state index is 10.3. The highest BCUT2D eigenvalue weighted by Gasteiger charge is 2.41. The average Bonchev–Trinajstić information content (AvgIpc) is 2.88. The molecule has 0 bridgehead atoms. The zero-order chi connectivity index (χ0) is 13.1. The number of rotatable bonds is 3. The van der Waals surface area contributed by atoms with E-state index >= 15 is 0 Å². The van der Waals surface area contributed by atoms with Crippen LogP contribution in [0, 0.1) is 0 Å². The third kappa shape index (κ3) is 2.98. The van der Waals surface area contributed by atoms with Crippen LogP contribution in [-0.2, 0) is 9.47 Å². The first-order chi connectivity index (χ1) is 9.27. The first-order valence-electron chi connectivity index (χ1n) is 7.02. The van der Waals surface area contributed by atoms with Gasteiger partial charge in [-0.05, 0) is 12.0 Å². The lowest BCUT2D eigenvalue weighted by molar-refractivity contribution is -0.181. The van der Waals surface area contributed by atoms with Crippen molar-refractivity contribution in [2.75, 3.05) is 19.8 Å². The van der Waals surface area contributed by atoms with Gasteiger partial charge in [-0.25, -0.2) is 0 Å². The number of hydrogen-bond acceptors (Lipinski definition) is 4. The summed E-state index contributed by atoms with van der Waals surface area (Å²) in [4.78, 5) is 0. The SMILES string of the molecule is OC(CC1CC2(CCN1)OCCO2)c1ccccc1. The van der Waals surface area contributed by atoms with Gasteiger partial charge in [0.05, 0.1) is 19.3 Å². The second-order valence-electron chi connectivity index (χ2n) is 5.37. The van der Waals surface area contributed by atoms with E-state index in [1.54, 1.807) is 0 Å². The van der Waals surface area contributed by atoms with Crippen LogP contribution in [0.1, 0.15) is 30.9 Å². The Bertz CT molecular complexity index is 403. The van der Waals surface area contributed by atoms with Crippen molar-refractivity contribution in [2.24, 2.45) is 0 Å². The lowest BCUT2D eigenvalue weighted by Gasteiger charge is -2.37. The maximum atomic E-state index is 10.3. The Morgan fingerprint density at radius 3 is 2.74 bits per heavy atom. The van der Waals surface area contributed by atoms with Crippen LogP contribution in [0.4, 0.5) is 0 Å². The first kappa shape index (κ1) is 13.1. The number of aliphatic hydroxyl groups is 1. The molecular weight excluding hydrogens is 242 g/mol. The van der Waals surface area contributed by atoms with Gasteiger partial charge in [0, 0.05) is 25.4 Å². The van der Waals surface area contributed by atoms with Crippen molar-refractivity contribution in [3.05, 3.63) is 35.9 Å². The molecule has 1 aromatic rings. The Balaban J connectivity index is 1.60. The highest BCUT2D eigenvalue weighted by molar-refractivity contribution is 5.17. The molecule has 4 nitrogen and oxygen atoms in total. The summed E-state index contributed by atoms with van der Waals surface area (Å²) in [7, 11) is 0. The van der Waals surface area contributed by atoms with Gasteiger partial charge in [-0.3, -0.25) is 0 Å². The molecule has 3 rings (SSSR count). The molecule has 2 fully saturated rings. The highest BCUT2D eigenvalue weighted by atomic mass is 16.7. The molecule has 2 N–H and O–H groups in total. The van der Waals surface area contributed by atoms with Crippen LogP contribution in [0.5, 0.6) is 0 Å². The van der Waals surface area contributed by atoms with E-state index in [4.69, 9.17) is 9.47 Å². The van der Waals surface area contributed by atoms with Gasteiger partial charge in [-0.1, -0.05) is 30.3 Å². The molecule has 2 atom stereocenters. The number of ether oxygens (including phenoxy) is 2. The number of hydrogen-bond donors (Lipinski definition) is 2. The average molecular weight is 263 g/mol. The fourth-order valence-corrected chi connectivity index (χ4v) is 3.02. The molecule has 1 aromatic carbocycles. The Kier molecular flexibility index (Phi) is 3.84. The van der Waals surface area contributed by atoms with E-state index in [-0.39, 0.29) is 6.04 Å². The number of nitrogens with one attached hydrogen (secondary N) is 1. The molecule has 2 unspecified atom stereocenters. The Hall–Kier alpha value is -0.940. The van der Waals surface area contributed by atoms with Crippen LogP contribution in [0.2, 0.25) is 0 Å². The van der Waals surface area contributed by atoms with Gasteiger partial charge in [0.2, 0.25) is 0 Å². The van der Waals surface area contributed by atoms with Crippen LogP contribution in [0.3, 0.4) is 0 Å². The standard InChI is InChI=1S/C15H21NO3/c17-14(12-4-2-1-3-5-12)10-13-11-15(6-7-16-13)18-8-9-19-15/h1-5,13-14,16-17H,6-11H2. The van der Waals surface area contributed by atoms with Crippen molar-refractivity contribution < 1.29 is 14.6 Å². The van der Waals surface area contributed by atoms with Gasteiger partial charge in [0.25, 0.3) is 0 Å². The summed E-state index contributed by atoms with van der Waals surface area (Å²) in [6, 6.07) is 10.0. The number of aliphatic hydroxyl groups excluding tert-OH is 1. The fourth-order valence-electron chi connectivity index (χ4n) is 3.02. The minimum absolute atomic E-state index is 0.238. The van der Waals surface area contributed by atoms with E-state index in [9.17, 15) is 5.11 Å². The first-order valence-corrected chi connectivity index (χ1v) is 7.02. The summed E-state index contributed by atoms with van der Waals surface area (Å²) in [5, 5.41) is 13.7. The molecule has 2 aliphatic rings. The van der Waals surface area contributed by atoms with Gasteiger partial charge in [-0.15, -0.1) is 0 Å². The number of benzene rings is 1. The molecule has 104 valence electrons. The molecular formula is C15H21NO3. The normalized spacial score (nSPS) is 27.5. The molecule has 19 heavy (non-hydrogen) atoms. The Morgan fingerprint density at radius 1 is 1.26 bits per heavy atom. The molecule has 1 spiro atoms. The van der Waals surface area contributed by atoms with Gasteiger partial charge in [-0.2, -0.15) is 0 Å². The van der Waals surface area contributed by atoms with Gasteiger partial charge >= 0.3 is 0 Å². The molecule has 2 saturated heterocycles. The lowest BCUT2D eigenvalue weighted by Crippen LogP contribution is -2.49. The smallest absolute Gasteiger partial charge is 0.171 e. The lowest BCUT2D eigenvalue weighted by atomic mass is 9.92. The third-order valence-corrected chi connectivity index (χ3v) is 4.00. The summed E-state index contributed by atoms with van der Waals surface area (Å²) < 4.78 is 11.5. The monoisotopic (exact) mass is 263 g/mol. The zero-order valence-electron chi connectivity index (χ0n) is 11.0. The summed E-state index contributed by atoms with van der Waals surface area (Å²) in [6.45, 7) is 2.26. The molecule has 2 aliphatic heterocycles. The molecule has 4 heteroatoms. The van der Waals surface area contributed by atoms with Gasteiger partial charge < -0.3 is 19.9 Å². The van der Waals surface area contributed by atoms with E-state index in [0.29, 0.717) is 19.6 Å². The van der Waals surface area contributed by atoms with E-state index < -0.39 is 11.9 Å². The topological polar surface area (TPSA) is 50.7 Å². The van der Waals surface area contributed by atoms with Gasteiger partial charge in [0.15, 0.2) is 5.79 Å². The molecule has 0 aliphatic carbocycles. The predicted molar refractivity (Wildman–Crippen MR) is 71.7 cm³/mol. The van der Waals surface area contributed by atoms with Crippen molar-refractivity contribution in [1.29, 1.82) is 0 Å². The predicted octanol–water partition coefficient (Wildman–Crippen LogP) is 1.61. The maximum Gasteiger partial charge on any atom is 0.171 e. The van der Waals surface area contributed by atoms with Gasteiger partial charge in [0.1, 0.15) is 0 Å². The van der Waals surface area contributed by atoms with E-state index in [2.05, 4.69) is 5.32 Å². The minimum Gasteiger partial charge on any atom is -0.388 e. The fraction of sp³-hybridized carbons (Fsp3) is 0.600. The number of piperidine rings is 1. The van der Waals surface area contributed by atoms with E-state index in [1.165, 1.54) is 0 Å². The molecule has 0 aromatic heterocycles. The zero-order valence-corrected chi connectivity index (χ0v) is 11.0. The molecule has 0 amide bonds. The van der Waals surface area contributed by atoms with Crippen LogP contribution >= 0.6 is 0 Å². The summed E-state index contributed by atoms with van der Waals surface area (Å²) in [5.74, 6) is -0.397. The van der Waals surface area contributed by atoms with Crippen LogP contribution < -0.4 is 5.32 Å². The largest absolute Gasteiger partial charge is 0.388 e. The van der Waals surface area contributed by atoms with Crippen molar-refractivity contribution in [3.8, 4) is 0 Å². The minimum atomic E-state index is -0.435. The highest BCUT2D eigenvalue weighted by Crippen LogP contribution is 2.33. The molecule has 0 saturated carbocycles. The summed E-state index contributed by atoms with van der Waals surface area (Å²) in [5.41, 5.74) is 0.970. The molecule has 0 radical (unpaired) electrons. The van der Waals surface area contributed by atoms with Crippen LogP contribution in [0.25, 0.3) is 0 Å². The van der Waals surface area contributed by atoms with Crippen molar-refractivity contribution >= 4 is 0 Å². The van der Waals surface area contributed by atoms with Crippen LogP contribution in [-0.4, -0.2) is 36.7 Å². The Morgan fingerprint density at radius 2 is 2.00 bits per heavy atom.